The number of carbonyl (C=O) groups is 1. The Labute approximate surface area is 95.9 Å². The number of hydrogen-bond acceptors (Lipinski definition) is 4. The fourth-order valence-corrected chi connectivity index (χ4v) is 1.23. The predicted molar refractivity (Wildman–Crippen MR) is 56.7 cm³/mol. The largest absolute Gasteiger partial charge is 0.478 e. The highest BCUT2D eigenvalue weighted by Crippen LogP contribution is 2.19. The van der Waals surface area contributed by atoms with Crippen LogP contribution in [0.4, 0.5) is 10.1 Å². The van der Waals surface area contributed by atoms with Crippen molar-refractivity contribution in [1.29, 1.82) is 0 Å². The molecule has 0 saturated heterocycles. The van der Waals surface area contributed by atoms with E-state index in [9.17, 15) is 9.18 Å². The number of carboxylic acids is 1. The topological polar surface area (TPSA) is 82.5 Å². The molecule has 16 heavy (non-hydrogen) atoms. The van der Waals surface area contributed by atoms with Crippen molar-refractivity contribution in [2.45, 2.75) is 6.04 Å². The Bertz CT molecular complexity index is 385. The molecule has 0 saturated carbocycles. The van der Waals surface area contributed by atoms with Gasteiger partial charge in [-0.05, 0) is 6.07 Å². The van der Waals surface area contributed by atoms with E-state index in [1.54, 1.807) is 0 Å². The van der Waals surface area contributed by atoms with Crippen molar-refractivity contribution in [2.24, 2.45) is 0 Å². The van der Waals surface area contributed by atoms with Gasteiger partial charge in [0.25, 0.3) is 0 Å². The maximum absolute atomic E-state index is 12.4. The summed E-state index contributed by atoms with van der Waals surface area (Å²) in [5.41, 5.74) is 0.000463. The lowest BCUT2D eigenvalue weighted by atomic mass is 10.2. The van der Waals surface area contributed by atoms with E-state index in [0.29, 0.717) is 0 Å². The predicted octanol–water partition coefficient (Wildman–Crippen LogP) is 1.18. The Balaban J connectivity index is 3.00. The first-order valence-corrected chi connectivity index (χ1v) is 4.78. The average Bonchev–Trinajstić information content (AvgIpc) is 2.25. The number of hydrogen-bond donors (Lipinski definition) is 3. The first-order chi connectivity index (χ1) is 7.58. The van der Waals surface area contributed by atoms with E-state index in [0.717, 1.165) is 6.20 Å². The van der Waals surface area contributed by atoms with Crippen molar-refractivity contribution >= 4 is 23.3 Å². The van der Waals surface area contributed by atoms with Crippen LogP contribution in [-0.4, -0.2) is 40.5 Å². The Hall–Kier alpha value is -1.40. The lowest BCUT2D eigenvalue weighted by molar-refractivity contribution is 0.0697. The first-order valence-electron chi connectivity index (χ1n) is 4.40. The maximum Gasteiger partial charge on any atom is 0.339 e. The number of anilines is 1. The summed E-state index contributed by atoms with van der Waals surface area (Å²) in [7, 11) is 0. The second-order valence-electron chi connectivity index (χ2n) is 3.04. The summed E-state index contributed by atoms with van der Waals surface area (Å²) in [5.74, 6) is -1.21. The zero-order valence-electron chi connectivity index (χ0n) is 8.15. The van der Waals surface area contributed by atoms with Crippen LogP contribution in [0, 0.1) is 0 Å². The van der Waals surface area contributed by atoms with Crippen molar-refractivity contribution in [1.82, 2.24) is 4.98 Å². The van der Waals surface area contributed by atoms with Gasteiger partial charge in [-0.25, -0.2) is 14.2 Å². The number of rotatable bonds is 5. The molecule has 0 radical (unpaired) electrons. The van der Waals surface area contributed by atoms with Crippen LogP contribution in [-0.2, 0) is 0 Å². The van der Waals surface area contributed by atoms with Gasteiger partial charge in [0.05, 0.1) is 18.3 Å². The summed E-state index contributed by atoms with van der Waals surface area (Å²) in [5, 5.41) is 20.2. The second kappa shape index (κ2) is 5.62. The molecule has 1 unspecified atom stereocenters. The van der Waals surface area contributed by atoms with Crippen LogP contribution in [0.1, 0.15) is 10.4 Å². The molecule has 0 aliphatic rings. The normalized spacial score (nSPS) is 12.2. The molecule has 3 N–H and O–H groups in total. The zero-order chi connectivity index (χ0) is 12.1. The summed E-state index contributed by atoms with van der Waals surface area (Å²) in [6, 6.07) is 0.403. The van der Waals surface area contributed by atoms with E-state index >= 15 is 0 Å². The van der Waals surface area contributed by atoms with Gasteiger partial charge in [0.1, 0.15) is 17.4 Å². The summed E-state index contributed by atoms with van der Waals surface area (Å²) >= 11 is 5.59. The molecule has 1 heterocycles. The number of aromatic nitrogens is 1. The van der Waals surface area contributed by atoms with Gasteiger partial charge < -0.3 is 15.5 Å². The molecule has 0 aliphatic carbocycles. The highest BCUT2D eigenvalue weighted by Gasteiger charge is 2.14. The summed E-state index contributed by atoms with van der Waals surface area (Å²) < 4.78 is 12.4. The lowest BCUT2D eigenvalue weighted by Crippen LogP contribution is -2.27. The van der Waals surface area contributed by atoms with Gasteiger partial charge in [0.2, 0.25) is 0 Å². The van der Waals surface area contributed by atoms with Crippen molar-refractivity contribution in [3.63, 3.8) is 0 Å². The minimum Gasteiger partial charge on any atom is -0.478 e. The van der Waals surface area contributed by atoms with E-state index in [-0.39, 0.29) is 16.4 Å². The second-order valence-corrected chi connectivity index (χ2v) is 3.42. The molecule has 1 atom stereocenters. The van der Waals surface area contributed by atoms with Crippen LogP contribution in [0.5, 0.6) is 0 Å². The highest BCUT2D eigenvalue weighted by atomic mass is 35.5. The van der Waals surface area contributed by atoms with Gasteiger partial charge in [-0.3, -0.25) is 0 Å². The number of alkyl halides is 1. The minimum atomic E-state index is -1.21. The standard InChI is InChI=1S/C9H10ClFN2O3/c10-8-1-7(13-5(2-11)4-14)6(3-12-8)9(15)16/h1,3,5,14H,2,4H2,(H,12,13)(H,15,16). The molecular weight excluding hydrogens is 239 g/mol. The number of aliphatic hydroxyl groups excluding tert-OH is 1. The van der Waals surface area contributed by atoms with Crippen LogP contribution in [0.2, 0.25) is 5.15 Å². The van der Waals surface area contributed by atoms with Crippen LogP contribution < -0.4 is 5.32 Å². The number of nitrogens with zero attached hydrogens (tertiary/aromatic N) is 1. The lowest BCUT2D eigenvalue weighted by Gasteiger charge is -2.15. The zero-order valence-corrected chi connectivity index (χ0v) is 8.91. The number of halogens is 2. The van der Waals surface area contributed by atoms with Crippen LogP contribution in [0.25, 0.3) is 0 Å². The van der Waals surface area contributed by atoms with Crippen molar-refractivity contribution in [3.8, 4) is 0 Å². The molecule has 7 heteroatoms. The Morgan fingerprint density at radius 2 is 2.38 bits per heavy atom. The monoisotopic (exact) mass is 248 g/mol. The molecule has 0 amide bonds. The number of pyridine rings is 1. The molecule has 5 nitrogen and oxygen atoms in total. The Kier molecular flexibility index (Phi) is 4.45. The molecule has 0 fully saturated rings. The molecular formula is C9H10ClFN2O3. The van der Waals surface area contributed by atoms with Crippen molar-refractivity contribution in [2.75, 3.05) is 18.6 Å². The van der Waals surface area contributed by atoms with Gasteiger partial charge in [-0.2, -0.15) is 0 Å². The summed E-state index contributed by atoms with van der Waals surface area (Å²) in [6.45, 7) is -1.27. The molecule has 0 bridgehead atoms. The van der Waals surface area contributed by atoms with Crippen molar-refractivity contribution in [3.05, 3.63) is 23.0 Å². The van der Waals surface area contributed by atoms with E-state index in [1.807, 2.05) is 0 Å². The van der Waals surface area contributed by atoms with E-state index in [2.05, 4.69) is 10.3 Å². The summed E-state index contributed by atoms with van der Waals surface area (Å²) in [4.78, 5) is 14.4. The minimum absolute atomic E-state index is 0.0862. The van der Waals surface area contributed by atoms with E-state index < -0.39 is 25.3 Å². The molecule has 1 aromatic rings. The molecule has 0 spiro atoms. The third-order valence-electron chi connectivity index (χ3n) is 1.87. The van der Waals surface area contributed by atoms with Crippen LogP contribution >= 0.6 is 11.6 Å². The first kappa shape index (κ1) is 12.7. The number of aliphatic hydroxyl groups is 1. The number of carboxylic acid groups (broad SMARTS) is 1. The van der Waals surface area contributed by atoms with Gasteiger partial charge in [-0.15, -0.1) is 0 Å². The molecule has 88 valence electrons. The Morgan fingerprint density at radius 1 is 1.69 bits per heavy atom. The fraction of sp³-hybridized carbons (Fsp3) is 0.333. The van der Waals surface area contributed by atoms with Gasteiger partial charge >= 0.3 is 5.97 Å². The molecule has 0 aliphatic heterocycles. The highest BCUT2D eigenvalue weighted by molar-refractivity contribution is 6.29. The van der Waals surface area contributed by atoms with Gasteiger partial charge in [-0.1, -0.05) is 11.6 Å². The van der Waals surface area contributed by atoms with E-state index in [1.165, 1.54) is 6.07 Å². The van der Waals surface area contributed by atoms with Crippen molar-refractivity contribution < 1.29 is 19.4 Å². The SMILES string of the molecule is O=C(O)c1cnc(Cl)cc1NC(CO)CF. The molecule has 1 aromatic heterocycles. The Morgan fingerprint density at radius 3 is 2.88 bits per heavy atom. The smallest absolute Gasteiger partial charge is 0.339 e. The molecule has 1 rings (SSSR count). The maximum atomic E-state index is 12.4. The van der Waals surface area contributed by atoms with E-state index in [4.69, 9.17) is 21.8 Å². The third-order valence-corrected chi connectivity index (χ3v) is 2.07. The number of aromatic carboxylic acids is 1. The summed E-state index contributed by atoms with van der Waals surface area (Å²) in [6.07, 6.45) is 1.07. The quantitative estimate of drug-likeness (QED) is 0.682. The number of nitrogens with one attached hydrogen (secondary N) is 1. The third kappa shape index (κ3) is 3.04. The van der Waals surface area contributed by atoms with Gasteiger partial charge in [0, 0.05) is 6.20 Å². The van der Waals surface area contributed by atoms with Crippen LogP contribution in [0.3, 0.4) is 0 Å². The fourth-order valence-electron chi connectivity index (χ4n) is 1.07. The molecule has 0 aromatic carbocycles. The van der Waals surface area contributed by atoms with Crippen LogP contribution in [0.15, 0.2) is 12.3 Å². The van der Waals surface area contributed by atoms with Gasteiger partial charge in [0.15, 0.2) is 0 Å². The average molecular weight is 249 g/mol.